The van der Waals surface area contributed by atoms with Crippen LogP contribution in [0.4, 0.5) is 0 Å². The molecule has 1 fully saturated rings. The smallest absolute Gasteiger partial charge is 0.271 e. The van der Waals surface area contributed by atoms with Crippen LogP contribution in [0.2, 0.25) is 0 Å². The number of nitrogens with zero attached hydrogens (tertiary/aromatic N) is 1. The third kappa shape index (κ3) is 4.59. The average Bonchev–Trinajstić information content (AvgIpc) is 3.13. The van der Waals surface area contributed by atoms with Crippen LogP contribution in [0.5, 0.6) is 11.5 Å². The molecule has 0 bridgehead atoms. The molecule has 0 atom stereocenters. The molecule has 5 heteroatoms. The van der Waals surface area contributed by atoms with E-state index in [2.05, 4.69) is 10.5 Å². The molecule has 5 nitrogen and oxygen atoms in total. The highest BCUT2D eigenvalue weighted by Gasteiger charge is 2.16. The van der Waals surface area contributed by atoms with Crippen LogP contribution < -0.4 is 10.2 Å². The number of carbonyl (C=O) groups is 1. The molecule has 25 heavy (non-hydrogen) atoms. The fourth-order valence-corrected chi connectivity index (χ4v) is 2.85. The van der Waals surface area contributed by atoms with Crippen molar-refractivity contribution in [1.29, 1.82) is 0 Å². The molecule has 1 aliphatic rings. The van der Waals surface area contributed by atoms with Gasteiger partial charge in [-0.25, -0.2) is 5.43 Å². The van der Waals surface area contributed by atoms with Crippen molar-refractivity contribution in [3.63, 3.8) is 0 Å². The Morgan fingerprint density at radius 2 is 1.64 bits per heavy atom. The summed E-state index contributed by atoms with van der Waals surface area (Å²) >= 11 is 0. The van der Waals surface area contributed by atoms with Gasteiger partial charge in [-0.2, -0.15) is 5.10 Å². The zero-order valence-corrected chi connectivity index (χ0v) is 14.2. The molecule has 0 radical (unpaired) electrons. The number of amides is 1. The number of hydrazone groups is 1. The first kappa shape index (κ1) is 17.0. The van der Waals surface area contributed by atoms with Gasteiger partial charge >= 0.3 is 0 Å². The molecule has 0 unspecified atom stereocenters. The summed E-state index contributed by atoms with van der Waals surface area (Å²) in [5, 5.41) is 13.4. The number of benzene rings is 2. The number of ether oxygens (including phenoxy) is 1. The Bertz CT molecular complexity index is 746. The number of phenolic OH excluding ortho intramolecular Hbond substituents is 1. The highest BCUT2D eigenvalue weighted by molar-refractivity contribution is 6.00. The Morgan fingerprint density at radius 1 is 1.04 bits per heavy atom. The molecule has 1 amide bonds. The van der Waals surface area contributed by atoms with Gasteiger partial charge < -0.3 is 9.84 Å². The van der Waals surface area contributed by atoms with Gasteiger partial charge in [0.2, 0.25) is 0 Å². The van der Waals surface area contributed by atoms with Gasteiger partial charge in [-0.05, 0) is 86.7 Å². The summed E-state index contributed by atoms with van der Waals surface area (Å²) in [6, 6.07) is 13.8. The van der Waals surface area contributed by atoms with E-state index in [1.165, 1.54) is 12.8 Å². The van der Waals surface area contributed by atoms with E-state index in [9.17, 15) is 9.90 Å². The molecule has 2 aromatic carbocycles. The molecule has 2 aromatic rings. The Balaban J connectivity index is 1.58. The predicted octanol–water partition coefficient (Wildman–Crippen LogP) is 3.87. The first-order chi connectivity index (χ1) is 12.1. The van der Waals surface area contributed by atoms with Gasteiger partial charge in [0.15, 0.2) is 0 Å². The van der Waals surface area contributed by atoms with E-state index in [1.54, 1.807) is 43.3 Å². The molecule has 0 aromatic heterocycles. The van der Waals surface area contributed by atoms with Gasteiger partial charge in [0.1, 0.15) is 11.5 Å². The Labute approximate surface area is 147 Å². The summed E-state index contributed by atoms with van der Waals surface area (Å²) in [4.78, 5) is 12.2. The summed E-state index contributed by atoms with van der Waals surface area (Å²) in [5.74, 6) is 0.721. The maximum Gasteiger partial charge on any atom is 0.271 e. The molecular formula is C20H22N2O3. The van der Waals surface area contributed by atoms with Crippen molar-refractivity contribution in [1.82, 2.24) is 5.43 Å². The van der Waals surface area contributed by atoms with Crippen molar-refractivity contribution in [2.45, 2.75) is 38.7 Å². The minimum Gasteiger partial charge on any atom is -0.508 e. The zero-order valence-electron chi connectivity index (χ0n) is 14.2. The molecule has 0 aliphatic heterocycles. The first-order valence-electron chi connectivity index (χ1n) is 8.52. The van der Waals surface area contributed by atoms with Gasteiger partial charge in [0, 0.05) is 5.56 Å². The molecule has 0 saturated heterocycles. The molecule has 1 saturated carbocycles. The minimum atomic E-state index is -0.273. The largest absolute Gasteiger partial charge is 0.508 e. The van der Waals surface area contributed by atoms with Crippen molar-refractivity contribution >= 4 is 11.6 Å². The van der Waals surface area contributed by atoms with Crippen LogP contribution in [0, 0.1) is 0 Å². The Morgan fingerprint density at radius 3 is 2.28 bits per heavy atom. The lowest BCUT2D eigenvalue weighted by Crippen LogP contribution is -2.19. The monoisotopic (exact) mass is 338 g/mol. The fourth-order valence-electron chi connectivity index (χ4n) is 2.85. The highest BCUT2D eigenvalue weighted by atomic mass is 16.5. The zero-order chi connectivity index (χ0) is 17.6. The second-order valence-electron chi connectivity index (χ2n) is 6.23. The normalized spacial score (nSPS) is 15.2. The van der Waals surface area contributed by atoms with Crippen molar-refractivity contribution in [3.8, 4) is 11.5 Å². The van der Waals surface area contributed by atoms with E-state index < -0.39 is 0 Å². The van der Waals surface area contributed by atoms with Gasteiger partial charge in [-0.3, -0.25) is 4.79 Å². The van der Waals surface area contributed by atoms with E-state index in [-0.39, 0.29) is 11.7 Å². The number of hydrogen-bond donors (Lipinski definition) is 2. The van der Waals surface area contributed by atoms with Crippen LogP contribution in [0.3, 0.4) is 0 Å². The number of nitrogens with one attached hydrogen (secondary N) is 1. The predicted molar refractivity (Wildman–Crippen MR) is 97.1 cm³/mol. The summed E-state index contributed by atoms with van der Waals surface area (Å²) in [5.41, 5.74) is 4.57. The topological polar surface area (TPSA) is 70.9 Å². The van der Waals surface area contributed by atoms with E-state index in [4.69, 9.17) is 4.74 Å². The van der Waals surface area contributed by atoms with Crippen molar-refractivity contribution in [2.24, 2.45) is 5.10 Å². The second-order valence-corrected chi connectivity index (χ2v) is 6.23. The van der Waals surface area contributed by atoms with Crippen LogP contribution in [0.1, 0.15) is 48.5 Å². The second kappa shape index (κ2) is 7.83. The van der Waals surface area contributed by atoms with Crippen molar-refractivity contribution in [2.75, 3.05) is 0 Å². The SMILES string of the molecule is C/C(=N/NC(=O)c1ccc(OC2CCCC2)cc1)c1ccc(O)cc1. The molecule has 130 valence electrons. The van der Waals surface area contributed by atoms with Gasteiger partial charge in [0.25, 0.3) is 5.91 Å². The van der Waals surface area contributed by atoms with Crippen molar-refractivity contribution in [3.05, 3.63) is 59.7 Å². The van der Waals surface area contributed by atoms with E-state index >= 15 is 0 Å². The van der Waals surface area contributed by atoms with Crippen LogP contribution in [0.15, 0.2) is 53.6 Å². The minimum absolute atomic E-state index is 0.195. The third-order valence-corrected chi connectivity index (χ3v) is 4.33. The molecule has 2 N–H and O–H groups in total. The Kier molecular flexibility index (Phi) is 5.33. The lowest BCUT2D eigenvalue weighted by Gasteiger charge is -2.13. The number of aromatic hydroxyl groups is 1. The van der Waals surface area contributed by atoms with E-state index in [0.29, 0.717) is 17.4 Å². The lowest BCUT2D eigenvalue weighted by atomic mass is 10.1. The standard InChI is InChI=1S/C20H22N2O3/c1-14(15-6-10-17(23)11-7-15)21-22-20(24)16-8-12-19(13-9-16)25-18-4-2-3-5-18/h6-13,18,23H,2-5H2,1H3,(H,22,24)/b21-14-. The van der Waals surface area contributed by atoms with Crippen LogP contribution in [-0.2, 0) is 0 Å². The first-order valence-corrected chi connectivity index (χ1v) is 8.52. The lowest BCUT2D eigenvalue weighted by molar-refractivity contribution is 0.0954. The van der Waals surface area contributed by atoms with Gasteiger partial charge in [0.05, 0.1) is 11.8 Å². The number of carbonyl (C=O) groups excluding carboxylic acids is 1. The molecule has 0 heterocycles. The van der Waals surface area contributed by atoms with Gasteiger partial charge in [-0.15, -0.1) is 0 Å². The molecule has 1 aliphatic carbocycles. The summed E-state index contributed by atoms with van der Waals surface area (Å²) < 4.78 is 5.90. The number of hydrogen-bond acceptors (Lipinski definition) is 4. The van der Waals surface area contributed by atoms with E-state index in [0.717, 1.165) is 24.2 Å². The van der Waals surface area contributed by atoms with Crippen LogP contribution in [0.25, 0.3) is 0 Å². The molecule has 3 rings (SSSR count). The average molecular weight is 338 g/mol. The summed E-state index contributed by atoms with van der Waals surface area (Å²) in [7, 11) is 0. The maximum absolute atomic E-state index is 12.2. The third-order valence-electron chi connectivity index (χ3n) is 4.33. The van der Waals surface area contributed by atoms with Gasteiger partial charge in [-0.1, -0.05) is 0 Å². The summed E-state index contributed by atoms with van der Waals surface area (Å²) in [6.45, 7) is 1.80. The molecule has 0 spiro atoms. The van der Waals surface area contributed by atoms with Crippen LogP contribution >= 0.6 is 0 Å². The van der Waals surface area contributed by atoms with Crippen LogP contribution in [-0.4, -0.2) is 22.8 Å². The summed E-state index contributed by atoms with van der Waals surface area (Å²) in [6.07, 6.45) is 4.96. The number of phenols is 1. The number of rotatable bonds is 5. The Hall–Kier alpha value is -2.82. The fraction of sp³-hybridized carbons (Fsp3) is 0.300. The molecular weight excluding hydrogens is 316 g/mol. The van der Waals surface area contributed by atoms with Crippen molar-refractivity contribution < 1.29 is 14.6 Å². The quantitative estimate of drug-likeness (QED) is 0.642. The maximum atomic E-state index is 12.2. The highest BCUT2D eigenvalue weighted by Crippen LogP contribution is 2.24. The van der Waals surface area contributed by atoms with E-state index in [1.807, 2.05) is 12.1 Å².